The molecule has 0 saturated carbocycles. The summed E-state index contributed by atoms with van der Waals surface area (Å²) in [4.78, 5) is 69.2. The zero-order valence-corrected chi connectivity index (χ0v) is 19.3. The van der Waals surface area contributed by atoms with Crippen molar-refractivity contribution in [3.05, 3.63) is 0 Å². The average molecular weight is 451 g/mol. The Morgan fingerprint density at radius 3 is 2.22 bits per heavy atom. The summed E-state index contributed by atoms with van der Waals surface area (Å²) < 4.78 is 5.51. The van der Waals surface area contributed by atoms with Crippen LogP contribution in [-0.4, -0.2) is 94.7 Å². The molecule has 3 aliphatic rings. The largest absolute Gasteiger partial charge is 0.461 e. The molecule has 3 heterocycles. The van der Waals surface area contributed by atoms with Gasteiger partial charge in [-0.25, -0.2) is 4.79 Å². The molecule has 3 aliphatic heterocycles. The van der Waals surface area contributed by atoms with Gasteiger partial charge in [0.05, 0.1) is 6.42 Å². The van der Waals surface area contributed by atoms with Gasteiger partial charge < -0.3 is 24.8 Å². The fourth-order valence-electron chi connectivity index (χ4n) is 4.92. The molecule has 178 valence electrons. The summed E-state index contributed by atoms with van der Waals surface area (Å²) in [7, 11) is 1.56. The van der Waals surface area contributed by atoms with E-state index in [0.29, 0.717) is 45.2 Å². The topological polar surface area (TPSA) is 116 Å². The summed E-state index contributed by atoms with van der Waals surface area (Å²) in [6, 6.07) is -2.97. The van der Waals surface area contributed by atoms with Gasteiger partial charge in [0.25, 0.3) is 0 Å². The first-order chi connectivity index (χ1) is 15.1. The molecule has 0 bridgehead atoms. The van der Waals surface area contributed by atoms with Crippen LogP contribution < -0.4 is 5.32 Å². The molecular weight excluding hydrogens is 416 g/mol. The van der Waals surface area contributed by atoms with Crippen molar-refractivity contribution in [3.63, 3.8) is 0 Å². The van der Waals surface area contributed by atoms with E-state index in [1.54, 1.807) is 27.8 Å². The van der Waals surface area contributed by atoms with E-state index in [1.165, 1.54) is 14.7 Å². The lowest BCUT2D eigenvalue weighted by atomic mass is 10.1. The van der Waals surface area contributed by atoms with Crippen molar-refractivity contribution < 1.29 is 28.7 Å². The van der Waals surface area contributed by atoms with Crippen LogP contribution >= 0.6 is 0 Å². The first kappa shape index (κ1) is 24.0. The van der Waals surface area contributed by atoms with Crippen LogP contribution in [0, 0.1) is 0 Å². The Hall–Kier alpha value is -2.65. The van der Waals surface area contributed by atoms with Crippen molar-refractivity contribution in [1.82, 2.24) is 20.0 Å². The number of hydrogen-bond acceptors (Lipinski definition) is 6. The number of rotatable bonds is 1. The molecule has 1 N–H and O–H groups in total. The Morgan fingerprint density at radius 2 is 1.56 bits per heavy atom. The second-order valence-corrected chi connectivity index (χ2v) is 8.99. The second kappa shape index (κ2) is 9.87. The normalized spacial score (nSPS) is 33.2. The van der Waals surface area contributed by atoms with E-state index >= 15 is 0 Å². The predicted octanol–water partition coefficient (Wildman–Crippen LogP) is 0.0455. The number of carbonyl (C=O) groups excluding carboxylic acids is 5. The Labute approximate surface area is 188 Å². The Kier molecular flexibility index (Phi) is 7.40. The highest BCUT2D eigenvalue weighted by atomic mass is 16.5. The second-order valence-electron chi connectivity index (χ2n) is 8.99. The van der Waals surface area contributed by atoms with Crippen molar-refractivity contribution in [3.8, 4) is 0 Å². The molecule has 0 spiro atoms. The van der Waals surface area contributed by atoms with Crippen LogP contribution in [0.3, 0.4) is 0 Å². The lowest BCUT2D eigenvalue weighted by Gasteiger charge is -2.34. The molecule has 5 atom stereocenters. The molecule has 3 fully saturated rings. The molecule has 32 heavy (non-hydrogen) atoms. The molecule has 0 aliphatic carbocycles. The molecular formula is C22H34N4O6. The first-order valence-corrected chi connectivity index (χ1v) is 11.5. The number of esters is 1. The average Bonchev–Trinajstić information content (AvgIpc) is 3.41. The number of amides is 4. The molecule has 4 amide bonds. The Balaban J connectivity index is 1.91. The molecule has 3 rings (SSSR count). The number of ether oxygens (including phenoxy) is 1. The third kappa shape index (κ3) is 4.73. The van der Waals surface area contributed by atoms with Crippen molar-refractivity contribution in [2.75, 3.05) is 20.1 Å². The summed E-state index contributed by atoms with van der Waals surface area (Å²) in [5.41, 5.74) is 0. The fraction of sp³-hybridized carbons (Fsp3) is 0.773. The molecule has 0 aromatic rings. The highest BCUT2D eigenvalue weighted by Crippen LogP contribution is 2.24. The summed E-state index contributed by atoms with van der Waals surface area (Å²) in [6.07, 6.45) is 2.01. The monoisotopic (exact) mass is 450 g/mol. The molecule has 0 aromatic heterocycles. The van der Waals surface area contributed by atoms with Crippen LogP contribution in [-0.2, 0) is 28.7 Å². The number of likely N-dealkylation sites (N-methyl/N-ethyl adjacent to an activating group) is 1. The van der Waals surface area contributed by atoms with Gasteiger partial charge in [-0.05, 0) is 46.0 Å². The van der Waals surface area contributed by atoms with Crippen molar-refractivity contribution in [2.24, 2.45) is 0 Å². The van der Waals surface area contributed by atoms with Crippen LogP contribution in [0.25, 0.3) is 0 Å². The quantitative estimate of drug-likeness (QED) is 0.564. The molecule has 3 saturated heterocycles. The molecule has 0 aromatic carbocycles. The van der Waals surface area contributed by atoms with E-state index in [1.807, 2.05) is 0 Å². The third-order valence-electron chi connectivity index (χ3n) is 6.68. The van der Waals surface area contributed by atoms with Crippen LogP contribution in [0.4, 0.5) is 0 Å². The maximum atomic E-state index is 13.2. The highest BCUT2D eigenvalue weighted by molar-refractivity contribution is 5.95. The van der Waals surface area contributed by atoms with Crippen LogP contribution in [0.15, 0.2) is 0 Å². The van der Waals surface area contributed by atoms with Crippen molar-refractivity contribution in [1.29, 1.82) is 0 Å². The van der Waals surface area contributed by atoms with E-state index in [-0.39, 0.29) is 24.1 Å². The summed E-state index contributed by atoms with van der Waals surface area (Å²) in [5, 5.41) is 2.71. The van der Waals surface area contributed by atoms with Gasteiger partial charge >= 0.3 is 5.97 Å². The maximum Gasteiger partial charge on any atom is 0.329 e. The number of hydrogen-bond donors (Lipinski definition) is 1. The smallest absolute Gasteiger partial charge is 0.329 e. The van der Waals surface area contributed by atoms with E-state index in [9.17, 15) is 24.0 Å². The molecule has 10 heteroatoms. The standard InChI is InChI=1S/C22H34N4O6/c1-5-15-19(28)23-14(3)20(29)26-11-7-9-17(26)22(31)32-13(2)12-18(27)25-10-6-8-16(25)21(30)24(15)4/h13-17H,5-12H2,1-4H3,(H,23,28). The summed E-state index contributed by atoms with van der Waals surface area (Å²) >= 11 is 0. The van der Waals surface area contributed by atoms with Gasteiger partial charge in [-0.2, -0.15) is 0 Å². The third-order valence-corrected chi connectivity index (χ3v) is 6.68. The summed E-state index contributed by atoms with van der Waals surface area (Å²) in [6.45, 7) is 5.88. The van der Waals surface area contributed by atoms with Gasteiger partial charge in [-0.3, -0.25) is 19.2 Å². The Morgan fingerprint density at radius 1 is 0.938 bits per heavy atom. The van der Waals surface area contributed by atoms with Crippen molar-refractivity contribution in [2.45, 2.75) is 89.6 Å². The van der Waals surface area contributed by atoms with Crippen LogP contribution in [0.1, 0.15) is 59.3 Å². The highest BCUT2D eigenvalue weighted by Gasteiger charge is 2.41. The number of nitrogens with one attached hydrogen (secondary N) is 1. The zero-order chi connectivity index (χ0) is 23.6. The van der Waals surface area contributed by atoms with Gasteiger partial charge in [-0.15, -0.1) is 0 Å². The van der Waals surface area contributed by atoms with Gasteiger partial charge in [-0.1, -0.05) is 6.92 Å². The minimum atomic E-state index is -0.844. The SMILES string of the molecule is CCC1C(=O)NC(C)C(=O)N2CCCC2C(=O)OC(C)CC(=O)N2CCCC2C(=O)N1C. The fourth-order valence-corrected chi connectivity index (χ4v) is 4.92. The lowest BCUT2D eigenvalue weighted by Crippen LogP contribution is -2.57. The predicted molar refractivity (Wildman–Crippen MR) is 114 cm³/mol. The first-order valence-electron chi connectivity index (χ1n) is 11.5. The number of nitrogens with zero attached hydrogens (tertiary/aromatic N) is 3. The minimum Gasteiger partial charge on any atom is -0.461 e. The molecule has 5 unspecified atom stereocenters. The number of cyclic esters (lactones) is 1. The van der Waals surface area contributed by atoms with Gasteiger partial charge in [0.1, 0.15) is 30.3 Å². The van der Waals surface area contributed by atoms with E-state index < -0.39 is 42.1 Å². The Bertz CT molecular complexity index is 786. The molecule has 10 nitrogen and oxygen atoms in total. The lowest BCUT2D eigenvalue weighted by molar-refractivity contribution is -0.160. The number of fused-ring (bicyclic) bond motifs is 2. The van der Waals surface area contributed by atoms with Crippen molar-refractivity contribution >= 4 is 29.6 Å². The molecule has 0 radical (unpaired) electrons. The summed E-state index contributed by atoms with van der Waals surface area (Å²) in [5.74, 6) is -1.89. The van der Waals surface area contributed by atoms with Gasteiger partial charge in [0.2, 0.25) is 23.6 Å². The minimum absolute atomic E-state index is 0.0337. The van der Waals surface area contributed by atoms with E-state index in [2.05, 4.69) is 5.32 Å². The van der Waals surface area contributed by atoms with Crippen LogP contribution in [0.5, 0.6) is 0 Å². The maximum absolute atomic E-state index is 13.2. The van der Waals surface area contributed by atoms with Gasteiger partial charge in [0.15, 0.2) is 0 Å². The van der Waals surface area contributed by atoms with Crippen LogP contribution in [0.2, 0.25) is 0 Å². The van der Waals surface area contributed by atoms with Gasteiger partial charge in [0, 0.05) is 20.1 Å². The number of carbonyl (C=O) groups is 5. The van der Waals surface area contributed by atoms with E-state index in [4.69, 9.17) is 4.74 Å². The van der Waals surface area contributed by atoms with E-state index in [0.717, 1.165) is 0 Å². The zero-order valence-electron chi connectivity index (χ0n) is 19.3.